The van der Waals surface area contributed by atoms with Crippen LogP contribution in [0.5, 0.6) is 5.75 Å². The summed E-state index contributed by atoms with van der Waals surface area (Å²) < 4.78 is 29.0. The molecule has 0 saturated carbocycles. The topological polar surface area (TPSA) is 82.3 Å². The van der Waals surface area contributed by atoms with Gasteiger partial charge in [0.05, 0.1) is 10.6 Å². The number of hydrogen-bond donors (Lipinski definition) is 1. The van der Waals surface area contributed by atoms with Crippen LogP contribution in [0.15, 0.2) is 45.9 Å². The summed E-state index contributed by atoms with van der Waals surface area (Å²) >= 11 is 3.31. The number of ether oxygens (including phenoxy) is 1. The first-order chi connectivity index (χ1) is 9.36. The summed E-state index contributed by atoms with van der Waals surface area (Å²) in [7, 11) is -3.69. The molecule has 0 unspecified atom stereocenters. The Morgan fingerprint density at radius 3 is 2.60 bits per heavy atom. The molecular weight excluding hydrogens is 344 g/mol. The van der Waals surface area contributed by atoms with Crippen molar-refractivity contribution < 1.29 is 13.2 Å². The molecule has 2 N–H and O–H groups in total. The molecule has 106 valence electrons. The maximum absolute atomic E-state index is 11.2. The molecule has 5 nitrogen and oxygen atoms in total. The van der Waals surface area contributed by atoms with E-state index in [1.165, 1.54) is 12.1 Å². The van der Waals surface area contributed by atoms with Crippen molar-refractivity contribution >= 4 is 26.0 Å². The van der Waals surface area contributed by atoms with E-state index in [-0.39, 0.29) is 4.90 Å². The number of pyridine rings is 1. The molecule has 0 aliphatic rings. The second-order valence-corrected chi connectivity index (χ2v) is 6.71. The van der Waals surface area contributed by atoms with Gasteiger partial charge in [-0.2, -0.15) is 0 Å². The number of benzene rings is 1. The van der Waals surface area contributed by atoms with Crippen LogP contribution in [0.4, 0.5) is 0 Å². The normalized spacial score (nSPS) is 11.3. The maximum atomic E-state index is 11.2. The average Bonchev–Trinajstić information content (AvgIpc) is 2.38. The number of aromatic nitrogens is 1. The van der Waals surface area contributed by atoms with Crippen LogP contribution < -0.4 is 9.88 Å². The largest absolute Gasteiger partial charge is 0.487 e. The lowest BCUT2D eigenvalue weighted by Crippen LogP contribution is -2.12. The SMILES string of the molecule is Cc1cc(S(N)(=O)=O)ccc1OCc1ccc(Br)cn1. The Morgan fingerprint density at radius 1 is 1.30 bits per heavy atom. The average molecular weight is 357 g/mol. The molecule has 0 radical (unpaired) electrons. The minimum atomic E-state index is -3.69. The predicted octanol–water partition coefficient (Wildman–Crippen LogP) is 2.38. The van der Waals surface area contributed by atoms with Gasteiger partial charge in [0.1, 0.15) is 12.4 Å². The number of halogens is 1. The molecule has 2 rings (SSSR count). The van der Waals surface area contributed by atoms with Gasteiger partial charge in [-0.25, -0.2) is 13.6 Å². The number of nitrogens with two attached hydrogens (primary N) is 1. The van der Waals surface area contributed by atoms with E-state index in [1.54, 1.807) is 19.2 Å². The van der Waals surface area contributed by atoms with E-state index in [0.29, 0.717) is 17.9 Å². The molecule has 7 heteroatoms. The lowest BCUT2D eigenvalue weighted by Gasteiger charge is -2.10. The third-order valence-corrected chi connectivity index (χ3v) is 4.02. The number of sulfonamides is 1. The minimum Gasteiger partial charge on any atom is -0.487 e. The molecule has 0 bridgehead atoms. The van der Waals surface area contributed by atoms with Gasteiger partial charge in [0, 0.05) is 10.7 Å². The predicted molar refractivity (Wildman–Crippen MR) is 78.8 cm³/mol. The number of nitrogens with zero attached hydrogens (tertiary/aromatic N) is 1. The van der Waals surface area contributed by atoms with Crippen LogP contribution in [-0.4, -0.2) is 13.4 Å². The monoisotopic (exact) mass is 356 g/mol. The van der Waals surface area contributed by atoms with E-state index >= 15 is 0 Å². The summed E-state index contributed by atoms with van der Waals surface area (Å²) in [6.07, 6.45) is 1.69. The molecule has 0 saturated heterocycles. The molecule has 0 amide bonds. The highest BCUT2D eigenvalue weighted by molar-refractivity contribution is 9.10. The lowest BCUT2D eigenvalue weighted by molar-refractivity contribution is 0.299. The van der Waals surface area contributed by atoms with Gasteiger partial charge < -0.3 is 4.74 Å². The number of primary sulfonamides is 1. The van der Waals surface area contributed by atoms with Crippen molar-refractivity contribution in [1.29, 1.82) is 0 Å². The Morgan fingerprint density at radius 2 is 2.05 bits per heavy atom. The van der Waals surface area contributed by atoms with Crippen molar-refractivity contribution in [3.8, 4) is 5.75 Å². The smallest absolute Gasteiger partial charge is 0.238 e. The van der Waals surface area contributed by atoms with Crippen molar-refractivity contribution in [1.82, 2.24) is 4.98 Å². The van der Waals surface area contributed by atoms with Gasteiger partial charge in [0.2, 0.25) is 10.0 Å². The third-order valence-electron chi connectivity index (χ3n) is 2.64. The van der Waals surface area contributed by atoms with E-state index in [0.717, 1.165) is 10.2 Å². The molecule has 20 heavy (non-hydrogen) atoms. The molecular formula is C13H13BrN2O3S. The van der Waals surface area contributed by atoms with Gasteiger partial charge in [0.25, 0.3) is 0 Å². The van der Waals surface area contributed by atoms with Crippen LogP contribution in [-0.2, 0) is 16.6 Å². The summed E-state index contributed by atoms with van der Waals surface area (Å²) in [5.74, 6) is 0.599. The zero-order chi connectivity index (χ0) is 14.8. The fourth-order valence-corrected chi connectivity index (χ4v) is 2.44. The standard InChI is InChI=1S/C13H13BrN2O3S/c1-9-6-12(20(15,17)18)4-5-13(9)19-8-11-3-2-10(14)7-16-11/h2-7H,8H2,1H3,(H2,15,17,18). The molecule has 0 spiro atoms. The van der Waals surface area contributed by atoms with Gasteiger partial charge >= 0.3 is 0 Å². The Kier molecular flexibility index (Phi) is 4.42. The molecule has 1 aromatic heterocycles. The van der Waals surface area contributed by atoms with Crippen LogP contribution >= 0.6 is 15.9 Å². The maximum Gasteiger partial charge on any atom is 0.238 e. The number of hydrogen-bond acceptors (Lipinski definition) is 4. The van der Waals surface area contributed by atoms with Crippen LogP contribution in [0.1, 0.15) is 11.3 Å². The summed E-state index contributed by atoms with van der Waals surface area (Å²) in [6.45, 7) is 2.07. The second kappa shape index (κ2) is 5.90. The molecule has 1 aromatic carbocycles. The van der Waals surface area contributed by atoms with Crippen LogP contribution in [0.3, 0.4) is 0 Å². The molecule has 0 fully saturated rings. The van der Waals surface area contributed by atoms with Gasteiger partial charge in [0.15, 0.2) is 0 Å². The Labute approximate surface area is 126 Å². The highest BCUT2D eigenvalue weighted by Gasteiger charge is 2.10. The first-order valence-electron chi connectivity index (χ1n) is 5.73. The van der Waals surface area contributed by atoms with E-state index in [2.05, 4.69) is 20.9 Å². The van der Waals surface area contributed by atoms with Gasteiger partial charge in [-0.3, -0.25) is 4.98 Å². The highest BCUT2D eigenvalue weighted by atomic mass is 79.9. The van der Waals surface area contributed by atoms with Crippen molar-refractivity contribution in [2.75, 3.05) is 0 Å². The Balaban J connectivity index is 2.12. The summed E-state index contributed by atoms with van der Waals surface area (Å²) in [4.78, 5) is 4.27. The zero-order valence-corrected chi connectivity index (χ0v) is 13.1. The highest BCUT2D eigenvalue weighted by Crippen LogP contribution is 2.22. The quantitative estimate of drug-likeness (QED) is 0.911. The van der Waals surface area contributed by atoms with E-state index in [9.17, 15) is 8.42 Å². The van der Waals surface area contributed by atoms with Gasteiger partial charge in [-0.05, 0) is 58.7 Å². The fourth-order valence-electron chi connectivity index (χ4n) is 1.60. The number of rotatable bonds is 4. The summed E-state index contributed by atoms with van der Waals surface area (Å²) in [6, 6.07) is 8.22. The van der Waals surface area contributed by atoms with E-state index in [4.69, 9.17) is 9.88 Å². The lowest BCUT2D eigenvalue weighted by atomic mass is 10.2. The molecule has 0 aliphatic heterocycles. The van der Waals surface area contributed by atoms with Crippen molar-refractivity contribution in [3.05, 3.63) is 52.3 Å². The Hall–Kier alpha value is -1.44. The summed E-state index contributed by atoms with van der Waals surface area (Å²) in [5.41, 5.74) is 1.48. The van der Waals surface area contributed by atoms with Crippen molar-refractivity contribution in [3.63, 3.8) is 0 Å². The molecule has 0 aliphatic carbocycles. The first-order valence-corrected chi connectivity index (χ1v) is 8.07. The van der Waals surface area contributed by atoms with E-state index in [1.807, 2.05) is 12.1 Å². The van der Waals surface area contributed by atoms with Crippen LogP contribution in [0, 0.1) is 6.92 Å². The Bertz CT molecular complexity index is 715. The minimum absolute atomic E-state index is 0.0733. The molecule has 2 aromatic rings. The second-order valence-electron chi connectivity index (χ2n) is 4.23. The van der Waals surface area contributed by atoms with Crippen LogP contribution in [0.2, 0.25) is 0 Å². The van der Waals surface area contributed by atoms with Crippen molar-refractivity contribution in [2.45, 2.75) is 18.4 Å². The van der Waals surface area contributed by atoms with Crippen LogP contribution in [0.25, 0.3) is 0 Å². The van der Waals surface area contributed by atoms with Gasteiger partial charge in [-0.1, -0.05) is 0 Å². The zero-order valence-electron chi connectivity index (χ0n) is 10.7. The molecule has 1 heterocycles. The first kappa shape index (κ1) is 15.0. The number of aryl methyl sites for hydroxylation is 1. The fraction of sp³-hybridized carbons (Fsp3) is 0.154. The van der Waals surface area contributed by atoms with Gasteiger partial charge in [-0.15, -0.1) is 0 Å². The van der Waals surface area contributed by atoms with Crippen molar-refractivity contribution in [2.24, 2.45) is 5.14 Å². The third kappa shape index (κ3) is 3.78. The summed E-state index contributed by atoms with van der Waals surface area (Å²) in [5, 5.41) is 5.07. The molecule has 0 atom stereocenters. The van der Waals surface area contributed by atoms with E-state index < -0.39 is 10.0 Å².